The summed E-state index contributed by atoms with van der Waals surface area (Å²) in [6.45, 7) is 1.02. The van der Waals surface area contributed by atoms with Crippen LogP contribution in [-0.4, -0.2) is 11.7 Å². The Morgan fingerprint density at radius 1 is 1.33 bits per heavy atom. The number of piperidine rings is 1. The molecule has 0 saturated carbocycles. The molecule has 0 spiro atoms. The van der Waals surface area contributed by atoms with Crippen molar-refractivity contribution in [2.45, 2.75) is 25.3 Å². The second kappa shape index (κ2) is 5.59. The Kier molecular flexibility index (Phi) is 4.71. The van der Waals surface area contributed by atoms with Crippen molar-refractivity contribution in [1.82, 2.24) is 5.32 Å². The Hall–Kier alpha value is -0.440. The van der Waals surface area contributed by atoms with Crippen molar-refractivity contribution in [3.8, 4) is 5.75 Å². The van der Waals surface area contributed by atoms with E-state index in [-0.39, 0.29) is 24.2 Å². The molecule has 1 aromatic rings. The SMILES string of the molecule is Cl.Oc1c(Cl)cccc1[C@@H]1CCCCN1. The zero-order valence-corrected chi connectivity index (χ0v) is 9.94. The molecule has 0 radical (unpaired) electrons. The highest BCUT2D eigenvalue weighted by Crippen LogP contribution is 2.34. The molecule has 15 heavy (non-hydrogen) atoms. The van der Waals surface area contributed by atoms with Gasteiger partial charge in [0.2, 0.25) is 0 Å². The first-order valence-electron chi connectivity index (χ1n) is 5.00. The summed E-state index contributed by atoms with van der Waals surface area (Å²) in [6, 6.07) is 5.80. The molecule has 0 aliphatic carbocycles. The third-order valence-corrected chi connectivity index (χ3v) is 3.01. The van der Waals surface area contributed by atoms with Crippen molar-refractivity contribution >= 4 is 24.0 Å². The van der Waals surface area contributed by atoms with E-state index in [1.54, 1.807) is 6.07 Å². The molecule has 0 bridgehead atoms. The van der Waals surface area contributed by atoms with Gasteiger partial charge in [-0.2, -0.15) is 0 Å². The fraction of sp³-hybridized carbons (Fsp3) is 0.455. The van der Waals surface area contributed by atoms with Crippen molar-refractivity contribution in [2.24, 2.45) is 0 Å². The molecule has 1 aromatic carbocycles. The lowest BCUT2D eigenvalue weighted by Gasteiger charge is -2.24. The van der Waals surface area contributed by atoms with Crippen LogP contribution in [0.15, 0.2) is 18.2 Å². The number of aromatic hydroxyl groups is 1. The minimum Gasteiger partial charge on any atom is -0.506 e. The van der Waals surface area contributed by atoms with Crippen LogP contribution in [-0.2, 0) is 0 Å². The van der Waals surface area contributed by atoms with Crippen molar-refractivity contribution in [3.05, 3.63) is 28.8 Å². The quantitative estimate of drug-likeness (QED) is 0.799. The van der Waals surface area contributed by atoms with Crippen LogP contribution >= 0.6 is 24.0 Å². The standard InChI is InChI=1S/C11H14ClNO.ClH/c12-9-5-3-4-8(11(9)14)10-6-1-2-7-13-10;/h3-5,10,13-14H,1-2,6-7H2;1H/t10-;/m0./s1. The Bertz CT molecular complexity index is 324. The smallest absolute Gasteiger partial charge is 0.138 e. The van der Waals surface area contributed by atoms with Crippen LogP contribution in [0.5, 0.6) is 5.75 Å². The largest absolute Gasteiger partial charge is 0.506 e. The van der Waals surface area contributed by atoms with Crippen molar-refractivity contribution < 1.29 is 5.11 Å². The van der Waals surface area contributed by atoms with E-state index in [2.05, 4.69) is 5.32 Å². The van der Waals surface area contributed by atoms with Crippen molar-refractivity contribution in [2.75, 3.05) is 6.54 Å². The summed E-state index contributed by atoms with van der Waals surface area (Å²) in [5.41, 5.74) is 0.928. The summed E-state index contributed by atoms with van der Waals surface area (Å²) in [6.07, 6.45) is 3.51. The van der Waals surface area contributed by atoms with Crippen LogP contribution in [0, 0.1) is 0 Å². The molecule has 1 aliphatic rings. The first-order chi connectivity index (χ1) is 6.79. The molecule has 2 nitrogen and oxygen atoms in total. The van der Waals surface area contributed by atoms with Gasteiger partial charge >= 0.3 is 0 Å². The third-order valence-electron chi connectivity index (χ3n) is 2.70. The van der Waals surface area contributed by atoms with Crippen LogP contribution in [0.25, 0.3) is 0 Å². The number of phenols is 1. The van der Waals surface area contributed by atoms with E-state index in [1.165, 1.54) is 12.8 Å². The minimum absolute atomic E-state index is 0. The molecule has 84 valence electrons. The average Bonchev–Trinajstić information content (AvgIpc) is 2.23. The summed E-state index contributed by atoms with van der Waals surface area (Å²) in [7, 11) is 0. The number of nitrogens with one attached hydrogen (secondary N) is 1. The number of rotatable bonds is 1. The fourth-order valence-electron chi connectivity index (χ4n) is 1.93. The van der Waals surface area contributed by atoms with E-state index < -0.39 is 0 Å². The molecule has 1 fully saturated rings. The van der Waals surface area contributed by atoms with Gasteiger partial charge in [-0.1, -0.05) is 30.2 Å². The van der Waals surface area contributed by atoms with Crippen LogP contribution < -0.4 is 5.32 Å². The monoisotopic (exact) mass is 247 g/mol. The Morgan fingerprint density at radius 3 is 2.80 bits per heavy atom. The van der Waals surface area contributed by atoms with Crippen LogP contribution in [0.2, 0.25) is 5.02 Å². The lowest BCUT2D eigenvalue weighted by atomic mass is 9.97. The van der Waals surface area contributed by atoms with Gasteiger partial charge in [0.1, 0.15) is 5.75 Å². The van der Waals surface area contributed by atoms with Crippen LogP contribution in [0.3, 0.4) is 0 Å². The number of halogens is 2. The predicted molar refractivity (Wildman–Crippen MR) is 65.0 cm³/mol. The topological polar surface area (TPSA) is 32.3 Å². The van der Waals surface area contributed by atoms with Gasteiger partial charge in [0.05, 0.1) is 5.02 Å². The van der Waals surface area contributed by atoms with E-state index in [9.17, 15) is 5.11 Å². The fourth-order valence-corrected chi connectivity index (χ4v) is 2.11. The molecule has 0 amide bonds. The summed E-state index contributed by atoms with van der Waals surface area (Å²) in [4.78, 5) is 0. The van der Waals surface area contributed by atoms with E-state index in [0.717, 1.165) is 18.5 Å². The molecular formula is C11H15Cl2NO. The summed E-state index contributed by atoms with van der Waals surface area (Å²) >= 11 is 5.86. The van der Waals surface area contributed by atoms with Gasteiger partial charge in [-0.05, 0) is 25.5 Å². The second-order valence-electron chi connectivity index (χ2n) is 3.68. The van der Waals surface area contributed by atoms with E-state index in [4.69, 9.17) is 11.6 Å². The minimum atomic E-state index is 0. The number of benzene rings is 1. The summed E-state index contributed by atoms with van der Waals surface area (Å²) < 4.78 is 0. The first-order valence-corrected chi connectivity index (χ1v) is 5.37. The number of phenolic OH excluding ortho intramolecular Hbond substituents is 1. The van der Waals surface area contributed by atoms with Crippen LogP contribution in [0.1, 0.15) is 30.9 Å². The molecule has 2 rings (SSSR count). The first kappa shape index (κ1) is 12.6. The molecule has 4 heteroatoms. The molecule has 1 heterocycles. The molecule has 1 atom stereocenters. The van der Waals surface area contributed by atoms with Gasteiger partial charge in [-0.3, -0.25) is 0 Å². The average molecular weight is 248 g/mol. The summed E-state index contributed by atoms with van der Waals surface area (Å²) in [5, 5.41) is 13.6. The normalized spacial score (nSPS) is 20.7. The molecule has 0 aromatic heterocycles. The van der Waals surface area contributed by atoms with Gasteiger partial charge in [-0.15, -0.1) is 12.4 Å². The van der Waals surface area contributed by atoms with Gasteiger partial charge in [0.25, 0.3) is 0 Å². The second-order valence-corrected chi connectivity index (χ2v) is 4.09. The van der Waals surface area contributed by atoms with Gasteiger partial charge in [0.15, 0.2) is 0 Å². The molecular weight excluding hydrogens is 233 g/mol. The van der Waals surface area contributed by atoms with Crippen molar-refractivity contribution in [1.29, 1.82) is 0 Å². The lowest BCUT2D eigenvalue weighted by molar-refractivity contribution is 0.391. The molecule has 2 N–H and O–H groups in total. The van der Waals surface area contributed by atoms with E-state index >= 15 is 0 Å². The summed E-state index contributed by atoms with van der Waals surface area (Å²) in [5.74, 6) is 0.230. The molecule has 1 aliphatic heterocycles. The number of hydrogen-bond donors (Lipinski definition) is 2. The zero-order valence-electron chi connectivity index (χ0n) is 8.37. The molecule has 0 unspecified atom stereocenters. The predicted octanol–water partition coefficient (Wildman–Crippen LogP) is 3.28. The highest BCUT2D eigenvalue weighted by Gasteiger charge is 2.18. The highest BCUT2D eigenvalue weighted by atomic mass is 35.5. The maximum absolute atomic E-state index is 9.78. The maximum Gasteiger partial charge on any atom is 0.138 e. The van der Waals surface area contributed by atoms with Gasteiger partial charge in [-0.25, -0.2) is 0 Å². The molecule has 1 saturated heterocycles. The van der Waals surface area contributed by atoms with E-state index in [1.807, 2.05) is 12.1 Å². The highest BCUT2D eigenvalue weighted by molar-refractivity contribution is 6.32. The third kappa shape index (κ3) is 2.77. The Morgan fingerprint density at radius 2 is 2.13 bits per heavy atom. The maximum atomic E-state index is 9.78. The zero-order chi connectivity index (χ0) is 9.97. The number of para-hydroxylation sites is 1. The Balaban J connectivity index is 0.00000112. The lowest BCUT2D eigenvalue weighted by Crippen LogP contribution is -2.26. The van der Waals surface area contributed by atoms with Gasteiger partial charge < -0.3 is 10.4 Å². The van der Waals surface area contributed by atoms with Crippen LogP contribution in [0.4, 0.5) is 0 Å². The van der Waals surface area contributed by atoms with Crippen molar-refractivity contribution in [3.63, 3.8) is 0 Å². The Labute approximate surface area is 101 Å². The van der Waals surface area contributed by atoms with Gasteiger partial charge in [0, 0.05) is 11.6 Å². The van der Waals surface area contributed by atoms with E-state index in [0.29, 0.717) is 5.02 Å². The number of hydrogen-bond acceptors (Lipinski definition) is 2.